The smallest absolute Gasteiger partial charge is 0.156 e. The molecule has 0 spiro atoms. The molecule has 2 heteroatoms. The average Bonchev–Trinajstić information content (AvgIpc) is 2.54. The van der Waals surface area contributed by atoms with Gasteiger partial charge < -0.3 is 0 Å². The van der Waals surface area contributed by atoms with Crippen LogP contribution in [0.15, 0.2) is 24.8 Å². The lowest BCUT2D eigenvalue weighted by Gasteiger charge is -2.27. The molecular weight excluding hydrogens is 272 g/mol. The van der Waals surface area contributed by atoms with Crippen molar-refractivity contribution in [2.75, 3.05) is 0 Å². The summed E-state index contributed by atoms with van der Waals surface area (Å²) in [6.07, 6.45) is 12.6. The minimum Gasteiger partial charge on any atom is -0.300 e. The fraction of sp³-hybridized carbons (Fsp3) is 0.700. The molecule has 1 unspecified atom stereocenters. The average molecular weight is 306 g/mol. The van der Waals surface area contributed by atoms with E-state index in [0.29, 0.717) is 18.3 Å². The Morgan fingerprint density at radius 1 is 1.18 bits per heavy atom. The Kier molecular flexibility index (Phi) is 11.7. The van der Waals surface area contributed by atoms with E-state index >= 15 is 0 Å². The molecule has 22 heavy (non-hydrogen) atoms. The van der Waals surface area contributed by atoms with E-state index in [4.69, 9.17) is 0 Å². The first-order chi connectivity index (χ1) is 10.5. The van der Waals surface area contributed by atoms with Crippen LogP contribution in [0, 0.1) is 17.8 Å². The minimum atomic E-state index is -0.0655. The van der Waals surface area contributed by atoms with Crippen LogP contribution in [0.4, 0.5) is 0 Å². The summed E-state index contributed by atoms with van der Waals surface area (Å²) in [6, 6.07) is 0. The first kappa shape index (κ1) is 20.8. The van der Waals surface area contributed by atoms with Gasteiger partial charge in [-0.1, -0.05) is 52.2 Å². The molecular formula is C20H34O2. The van der Waals surface area contributed by atoms with Crippen molar-refractivity contribution in [1.29, 1.82) is 0 Å². The normalized spacial score (nSPS) is 18.2. The number of hydrogen-bond acceptors (Lipinski definition) is 2. The zero-order chi connectivity index (χ0) is 17.0. The van der Waals surface area contributed by atoms with Crippen LogP contribution in [-0.4, -0.2) is 11.6 Å². The molecule has 1 aliphatic rings. The molecule has 0 saturated heterocycles. The van der Waals surface area contributed by atoms with Crippen molar-refractivity contribution in [1.82, 2.24) is 0 Å². The van der Waals surface area contributed by atoms with Gasteiger partial charge in [0.15, 0.2) is 5.78 Å². The van der Waals surface area contributed by atoms with E-state index in [-0.39, 0.29) is 17.5 Å². The topological polar surface area (TPSA) is 34.1 Å². The van der Waals surface area contributed by atoms with E-state index in [1.807, 2.05) is 26.0 Å². The standard InChI is InChI=1S/C18H28O2.C2H6/c1-4-14(2)9-8-12-17(20)13-18(15(3)19)16-10-6-5-7-11-16;1-2/h4,8,12,14,16,18H,1,5-7,9-11,13H2,2-3H3;1-2H3/b12-8-;/t14?,18-;/m1./s1. The van der Waals surface area contributed by atoms with Gasteiger partial charge >= 0.3 is 0 Å². The van der Waals surface area contributed by atoms with Crippen LogP contribution in [0.2, 0.25) is 0 Å². The molecule has 2 nitrogen and oxygen atoms in total. The van der Waals surface area contributed by atoms with Gasteiger partial charge in [0.25, 0.3) is 0 Å². The second-order valence-corrected chi connectivity index (χ2v) is 6.14. The van der Waals surface area contributed by atoms with Crippen LogP contribution < -0.4 is 0 Å². The molecule has 0 bridgehead atoms. The minimum absolute atomic E-state index is 0.0655. The molecule has 1 rings (SSSR count). The highest BCUT2D eigenvalue weighted by atomic mass is 16.1. The molecule has 2 atom stereocenters. The Morgan fingerprint density at radius 3 is 2.27 bits per heavy atom. The Hall–Kier alpha value is -1.18. The lowest BCUT2D eigenvalue weighted by molar-refractivity contribution is -0.127. The van der Waals surface area contributed by atoms with E-state index in [1.165, 1.54) is 19.3 Å². The van der Waals surface area contributed by atoms with Crippen LogP contribution >= 0.6 is 0 Å². The van der Waals surface area contributed by atoms with Gasteiger partial charge in [0.2, 0.25) is 0 Å². The van der Waals surface area contributed by atoms with E-state index < -0.39 is 0 Å². The van der Waals surface area contributed by atoms with Gasteiger partial charge in [-0.05, 0) is 44.1 Å². The van der Waals surface area contributed by atoms with Crippen molar-refractivity contribution in [2.24, 2.45) is 17.8 Å². The molecule has 126 valence electrons. The zero-order valence-electron chi connectivity index (χ0n) is 14.9. The largest absolute Gasteiger partial charge is 0.300 e. The predicted octanol–water partition coefficient (Wildman–Crippen LogP) is 5.53. The molecule has 0 heterocycles. The van der Waals surface area contributed by atoms with Crippen molar-refractivity contribution in [3.05, 3.63) is 24.8 Å². The molecule has 0 aromatic heterocycles. The Morgan fingerprint density at radius 2 is 1.77 bits per heavy atom. The monoisotopic (exact) mass is 306 g/mol. The second-order valence-electron chi connectivity index (χ2n) is 6.14. The molecule has 0 N–H and O–H groups in total. The Labute approximate surface area is 137 Å². The third-order valence-electron chi connectivity index (χ3n) is 4.38. The SMILES string of the molecule is C=CC(C)C/C=C\C(=O)C[C@H](C(C)=O)C1CCCCC1.CC. The van der Waals surface area contributed by atoms with E-state index in [0.717, 1.165) is 19.3 Å². The van der Waals surface area contributed by atoms with Crippen molar-refractivity contribution < 1.29 is 9.59 Å². The van der Waals surface area contributed by atoms with Crippen LogP contribution in [0.25, 0.3) is 0 Å². The summed E-state index contributed by atoms with van der Waals surface area (Å²) in [7, 11) is 0. The van der Waals surface area contributed by atoms with Gasteiger partial charge in [-0.2, -0.15) is 0 Å². The number of carbonyl (C=O) groups is 2. The van der Waals surface area contributed by atoms with E-state index in [9.17, 15) is 9.59 Å². The fourth-order valence-corrected chi connectivity index (χ4v) is 2.97. The van der Waals surface area contributed by atoms with Gasteiger partial charge in [0.1, 0.15) is 5.78 Å². The summed E-state index contributed by atoms with van der Waals surface area (Å²) in [5.41, 5.74) is 0. The lowest BCUT2D eigenvalue weighted by Crippen LogP contribution is -2.26. The van der Waals surface area contributed by atoms with Crippen molar-refractivity contribution in [3.8, 4) is 0 Å². The highest BCUT2D eigenvalue weighted by Crippen LogP contribution is 2.32. The first-order valence-electron chi connectivity index (χ1n) is 8.87. The summed E-state index contributed by atoms with van der Waals surface area (Å²) in [5, 5.41) is 0. The lowest BCUT2D eigenvalue weighted by atomic mass is 9.76. The maximum absolute atomic E-state index is 12.0. The Bertz CT molecular complexity index is 362. The van der Waals surface area contributed by atoms with E-state index in [2.05, 4.69) is 13.5 Å². The van der Waals surface area contributed by atoms with Crippen LogP contribution in [0.1, 0.15) is 72.6 Å². The number of allylic oxidation sites excluding steroid dienone is 3. The number of Topliss-reactive ketones (excluding diaryl/α,β-unsaturated/α-hetero) is 1. The maximum atomic E-state index is 12.0. The maximum Gasteiger partial charge on any atom is 0.156 e. The van der Waals surface area contributed by atoms with Crippen LogP contribution in [-0.2, 0) is 9.59 Å². The van der Waals surface area contributed by atoms with Crippen molar-refractivity contribution in [3.63, 3.8) is 0 Å². The molecule has 0 radical (unpaired) electrons. The van der Waals surface area contributed by atoms with Gasteiger partial charge in [-0.15, -0.1) is 6.58 Å². The third-order valence-corrected chi connectivity index (χ3v) is 4.38. The van der Waals surface area contributed by atoms with Gasteiger partial charge in [-0.3, -0.25) is 9.59 Å². The second kappa shape index (κ2) is 12.4. The predicted molar refractivity (Wildman–Crippen MR) is 94.8 cm³/mol. The molecule has 0 aromatic rings. The van der Waals surface area contributed by atoms with Crippen molar-refractivity contribution in [2.45, 2.75) is 72.6 Å². The molecule has 0 aromatic carbocycles. The Balaban J connectivity index is 0.00000211. The molecule has 0 amide bonds. The summed E-state index contributed by atoms with van der Waals surface area (Å²) >= 11 is 0. The quantitative estimate of drug-likeness (QED) is 0.436. The first-order valence-corrected chi connectivity index (χ1v) is 8.87. The number of rotatable bonds is 8. The summed E-state index contributed by atoms with van der Waals surface area (Å²) in [6.45, 7) is 11.4. The van der Waals surface area contributed by atoms with Crippen LogP contribution in [0.3, 0.4) is 0 Å². The molecule has 0 aliphatic heterocycles. The highest BCUT2D eigenvalue weighted by Gasteiger charge is 2.28. The molecule has 1 fully saturated rings. The summed E-state index contributed by atoms with van der Waals surface area (Å²) in [5.74, 6) is 1.01. The van der Waals surface area contributed by atoms with Crippen LogP contribution in [0.5, 0.6) is 0 Å². The van der Waals surface area contributed by atoms with E-state index in [1.54, 1.807) is 13.0 Å². The number of carbonyl (C=O) groups excluding carboxylic acids is 2. The molecule has 1 aliphatic carbocycles. The third kappa shape index (κ3) is 8.31. The summed E-state index contributed by atoms with van der Waals surface area (Å²) in [4.78, 5) is 23.8. The van der Waals surface area contributed by atoms with Crippen molar-refractivity contribution >= 4 is 11.6 Å². The highest BCUT2D eigenvalue weighted by molar-refractivity contribution is 5.93. The zero-order valence-corrected chi connectivity index (χ0v) is 14.9. The molecule has 1 saturated carbocycles. The summed E-state index contributed by atoms with van der Waals surface area (Å²) < 4.78 is 0. The number of ketones is 2. The number of hydrogen-bond donors (Lipinski definition) is 0. The van der Waals surface area contributed by atoms with Gasteiger partial charge in [0.05, 0.1) is 0 Å². The van der Waals surface area contributed by atoms with Gasteiger partial charge in [-0.25, -0.2) is 0 Å². The fourth-order valence-electron chi connectivity index (χ4n) is 2.97. The van der Waals surface area contributed by atoms with Gasteiger partial charge in [0, 0.05) is 12.3 Å².